The van der Waals surface area contributed by atoms with Crippen LogP contribution < -0.4 is 10.7 Å². The molecule has 174 valence electrons. The molecule has 4 rings (SSSR count). The molecule has 1 heterocycles. The first-order valence-corrected chi connectivity index (χ1v) is 10.5. The Balaban J connectivity index is 1.68. The third-order valence-electron chi connectivity index (χ3n) is 5.34. The van der Waals surface area contributed by atoms with Crippen molar-refractivity contribution < 1.29 is 22.4 Å². The topological polar surface area (TPSA) is 62.6 Å². The molecule has 0 saturated heterocycles. The maximum atomic E-state index is 13.4. The van der Waals surface area contributed by atoms with Crippen LogP contribution in [0, 0.1) is 6.92 Å². The van der Waals surface area contributed by atoms with Crippen LogP contribution in [-0.4, -0.2) is 10.9 Å². The number of nitrogens with zero attached hydrogens (tertiary/aromatic N) is 1. The average molecular weight is 466 g/mol. The van der Waals surface area contributed by atoms with Crippen LogP contribution in [0.15, 0.2) is 88.3 Å². The molecular weight excluding hydrogens is 445 g/mol. The standard InChI is InChI=1S/C26H21F3N2O3/c1-17-11-12-23-20(13-17)24(32)19(16-34-23)15-31(14-18-7-3-2-4-8-18)25(33)30-22-10-6-5-9-21(22)26(27,28)29/h2-13,16H,14-15H2,1H3,(H,30,33). The molecule has 3 aromatic carbocycles. The van der Waals surface area contributed by atoms with E-state index >= 15 is 0 Å². The van der Waals surface area contributed by atoms with Crippen molar-refractivity contribution in [2.24, 2.45) is 0 Å². The molecule has 1 aromatic heterocycles. The number of anilines is 1. The summed E-state index contributed by atoms with van der Waals surface area (Å²) in [5, 5.41) is 2.73. The van der Waals surface area contributed by atoms with Gasteiger partial charge in [0.2, 0.25) is 0 Å². The highest BCUT2D eigenvalue weighted by molar-refractivity contribution is 5.90. The van der Waals surface area contributed by atoms with Gasteiger partial charge in [0.15, 0.2) is 5.43 Å². The Morgan fingerprint density at radius 3 is 2.41 bits per heavy atom. The summed E-state index contributed by atoms with van der Waals surface area (Å²) in [7, 11) is 0. The fourth-order valence-corrected chi connectivity index (χ4v) is 3.64. The van der Waals surface area contributed by atoms with E-state index in [1.54, 1.807) is 36.4 Å². The van der Waals surface area contributed by atoms with Gasteiger partial charge < -0.3 is 14.6 Å². The van der Waals surface area contributed by atoms with Crippen molar-refractivity contribution in [3.05, 3.63) is 112 Å². The summed E-state index contributed by atoms with van der Waals surface area (Å²) in [5.41, 5.74) is 0.641. The summed E-state index contributed by atoms with van der Waals surface area (Å²) in [5.74, 6) is 0. The highest BCUT2D eigenvalue weighted by Gasteiger charge is 2.34. The average Bonchev–Trinajstić information content (AvgIpc) is 2.81. The highest BCUT2D eigenvalue weighted by Crippen LogP contribution is 2.34. The first-order valence-electron chi connectivity index (χ1n) is 10.5. The Kier molecular flexibility index (Phi) is 6.40. The second-order valence-electron chi connectivity index (χ2n) is 7.90. The van der Waals surface area contributed by atoms with Gasteiger partial charge in [-0.15, -0.1) is 0 Å². The smallest absolute Gasteiger partial charge is 0.418 e. The predicted octanol–water partition coefficient (Wildman–Crippen LogP) is 6.35. The molecule has 5 nitrogen and oxygen atoms in total. The zero-order valence-corrected chi connectivity index (χ0v) is 18.2. The minimum Gasteiger partial charge on any atom is -0.464 e. The number of carbonyl (C=O) groups excluding carboxylic acids is 1. The summed E-state index contributed by atoms with van der Waals surface area (Å²) < 4.78 is 45.8. The van der Waals surface area contributed by atoms with E-state index in [1.807, 2.05) is 19.1 Å². The van der Waals surface area contributed by atoms with Crippen molar-refractivity contribution in [3.8, 4) is 0 Å². The third-order valence-corrected chi connectivity index (χ3v) is 5.34. The lowest BCUT2D eigenvalue weighted by atomic mass is 10.1. The molecule has 0 aliphatic heterocycles. The van der Waals surface area contributed by atoms with Gasteiger partial charge in [-0.25, -0.2) is 4.79 Å². The van der Waals surface area contributed by atoms with Crippen LogP contribution in [0.3, 0.4) is 0 Å². The molecule has 0 aliphatic carbocycles. The molecule has 0 fully saturated rings. The molecule has 1 N–H and O–H groups in total. The first kappa shape index (κ1) is 23.1. The van der Waals surface area contributed by atoms with E-state index in [2.05, 4.69) is 5.32 Å². The first-order chi connectivity index (χ1) is 16.2. The summed E-state index contributed by atoms with van der Waals surface area (Å²) in [4.78, 5) is 27.5. The number of hydrogen-bond acceptors (Lipinski definition) is 3. The van der Waals surface area contributed by atoms with Gasteiger partial charge in [-0.05, 0) is 36.8 Å². The van der Waals surface area contributed by atoms with E-state index < -0.39 is 17.8 Å². The largest absolute Gasteiger partial charge is 0.464 e. The van der Waals surface area contributed by atoms with Gasteiger partial charge in [0, 0.05) is 6.54 Å². The SMILES string of the molecule is Cc1ccc2occ(CN(Cc3ccccc3)C(=O)Nc3ccccc3C(F)(F)F)c(=O)c2c1. The molecule has 0 aliphatic rings. The Morgan fingerprint density at radius 1 is 0.971 bits per heavy atom. The molecule has 8 heteroatoms. The number of rotatable bonds is 5. The zero-order valence-electron chi connectivity index (χ0n) is 18.2. The summed E-state index contributed by atoms with van der Waals surface area (Å²) >= 11 is 0. The molecule has 0 spiro atoms. The van der Waals surface area contributed by atoms with Crippen LogP contribution in [0.4, 0.5) is 23.7 Å². The molecule has 0 bridgehead atoms. The number of benzene rings is 3. The second kappa shape index (κ2) is 9.43. The highest BCUT2D eigenvalue weighted by atomic mass is 19.4. The van der Waals surface area contributed by atoms with Crippen molar-refractivity contribution >= 4 is 22.7 Å². The molecule has 0 saturated carbocycles. The van der Waals surface area contributed by atoms with Gasteiger partial charge in [-0.2, -0.15) is 13.2 Å². The van der Waals surface area contributed by atoms with Gasteiger partial charge in [0.1, 0.15) is 5.58 Å². The van der Waals surface area contributed by atoms with E-state index in [-0.39, 0.29) is 29.8 Å². The lowest BCUT2D eigenvalue weighted by Gasteiger charge is -2.24. The van der Waals surface area contributed by atoms with Gasteiger partial charge in [-0.1, -0.05) is 54.1 Å². The van der Waals surface area contributed by atoms with Crippen molar-refractivity contribution in [2.75, 3.05) is 5.32 Å². The van der Waals surface area contributed by atoms with E-state index in [0.717, 1.165) is 17.2 Å². The molecule has 0 unspecified atom stereocenters. The van der Waals surface area contributed by atoms with Crippen LogP contribution >= 0.6 is 0 Å². The fourth-order valence-electron chi connectivity index (χ4n) is 3.64. The number of aryl methyl sites for hydroxylation is 1. The molecule has 0 radical (unpaired) electrons. The Hall–Kier alpha value is -4.07. The van der Waals surface area contributed by atoms with E-state index in [9.17, 15) is 22.8 Å². The van der Waals surface area contributed by atoms with Crippen molar-refractivity contribution in [2.45, 2.75) is 26.2 Å². The summed E-state index contributed by atoms with van der Waals surface area (Å²) in [6.07, 6.45) is -3.35. The summed E-state index contributed by atoms with van der Waals surface area (Å²) in [6.45, 7) is 1.77. The second-order valence-corrected chi connectivity index (χ2v) is 7.90. The molecule has 34 heavy (non-hydrogen) atoms. The van der Waals surface area contributed by atoms with Crippen LogP contribution in [0.1, 0.15) is 22.3 Å². The van der Waals surface area contributed by atoms with Crippen molar-refractivity contribution in [1.29, 1.82) is 0 Å². The van der Waals surface area contributed by atoms with Crippen LogP contribution in [0.5, 0.6) is 0 Å². The van der Waals surface area contributed by atoms with Gasteiger partial charge in [0.25, 0.3) is 0 Å². The predicted molar refractivity (Wildman–Crippen MR) is 123 cm³/mol. The number of hydrogen-bond donors (Lipinski definition) is 1. The minimum atomic E-state index is -4.63. The number of fused-ring (bicyclic) bond motifs is 1. The maximum Gasteiger partial charge on any atom is 0.418 e. The Bertz CT molecular complexity index is 1380. The quantitative estimate of drug-likeness (QED) is 0.373. The number of halogens is 3. The minimum absolute atomic E-state index is 0.0755. The monoisotopic (exact) mass is 466 g/mol. The molecule has 4 aromatic rings. The molecule has 0 atom stereocenters. The summed E-state index contributed by atoms with van der Waals surface area (Å²) in [6, 6.07) is 18.2. The maximum absolute atomic E-state index is 13.4. The van der Waals surface area contributed by atoms with Gasteiger partial charge >= 0.3 is 12.2 Å². The van der Waals surface area contributed by atoms with Crippen molar-refractivity contribution in [3.63, 3.8) is 0 Å². The lowest BCUT2D eigenvalue weighted by molar-refractivity contribution is -0.136. The fraction of sp³-hybridized carbons (Fsp3) is 0.154. The number of carbonyl (C=O) groups is 1. The van der Waals surface area contributed by atoms with Crippen LogP contribution in [0.25, 0.3) is 11.0 Å². The Morgan fingerprint density at radius 2 is 1.68 bits per heavy atom. The van der Waals surface area contributed by atoms with E-state index in [0.29, 0.717) is 11.0 Å². The third kappa shape index (κ3) is 5.11. The Labute approximate surface area is 193 Å². The number of amides is 2. The number of urea groups is 1. The van der Waals surface area contributed by atoms with E-state index in [1.165, 1.54) is 29.4 Å². The lowest BCUT2D eigenvalue weighted by Crippen LogP contribution is -2.36. The normalized spacial score (nSPS) is 11.4. The van der Waals surface area contributed by atoms with Crippen molar-refractivity contribution in [1.82, 2.24) is 4.90 Å². The number of para-hydroxylation sites is 1. The van der Waals surface area contributed by atoms with E-state index in [4.69, 9.17) is 4.42 Å². The van der Waals surface area contributed by atoms with Gasteiger partial charge in [-0.3, -0.25) is 4.79 Å². The van der Waals surface area contributed by atoms with Crippen LogP contribution in [-0.2, 0) is 19.3 Å². The molecular formula is C26H21F3N2O3. The van der Waals surface area contributed by atoms with Gasteiger partial charge in [0.05, 0.1) is 35.0 Å². The number of nitrogens with one attached hydrogen (secondary N) is 1. The molecule has 2 amide bonds. The zero-order chi connectivity index (χ0) is 24.3. The van der Waals surface area contributed by atoms with Crippen LogP contribution in [0.2, 0.25) is 0 Å². The number of alkyl halides is 3.